The summed E-state index contributed by atoms with van der Waals surface area (Å²) in [6.45, 7) is 3.93. The van der Waals surface area contributed by atoms with Gasteiger partial charge in [0.15, 0.2) is 5.57 Å². The molecule has 8 heteroatoms. The van der Waals surface area contributed by atoms with Gasteiger partial charge in [-0.15, -0.1) is 11.3 Å². The zero-order valence-electron chi connectivity index (χ0n) is 13.3. The van der Waals surface area contributed by atoms with Gasteiger partial charge in [-0.2, -0.15) is 5.26 Å². The molecule has 124 valence electrons. The molecule has 0 aliphatic heterocycles. The van der Waals surface area contributed by atoms with Gasteiger partial charge in [0.25, 0.3) is 5.56 Å². The number of nitriles is 1. The Balaban J connectivity index is 2.58. The number of hydrogen-bond donors (Lipinski definition) is 1. The van der Waals surface area contributed by atoms with E-state index in [1.54, 1.807) is 32.2 Å². The Kier molecular flexibility index (Phi) is 5.87. The molecule has 0 aliphatic carbocycles. The fraction of sp³-hybridized carbons (Fsp3) is 0.250. The van der Waals surface area contributed by atoms with E-state index in [-0.39, 0.29) is 22.4 Å². The van der Waals surface area contributed by atoms with Crippen molar-refractivity contribution in [1.82, 2.24) is 9.55 Å². The zero-order valence-corrected chi connectivity index (χ0v) is 14.1. The normalized spacial score (nSPS) is 12.5. The molecule has 2 aromatic rings. The molecule has 24 heavy (non-hydrogen) atoms. The highest BCUT2D eigenvalue weighted by molar-refractivity contribution is 7.07. The minimum Gasteiger partial charge on any atom is -0.462 e. The number of carbonyl (C=O) groups excluding carboxylic acids is 1. The average molecular weight is 344 g/mol. The second-order valence-electron chi connectivity index (χ2n) is 4.53. The van der Waals surface area contributed by atoms with E-state index >= 15 is 0 Å². The minimum atomic E-state index is -0.729. The number of rotatable bonds is 5. The third kappa shape index (κ3) is 3.70. The summed E-state index contributed by atoms with van der Waals surface area (Å²) < 4.78 is 6.92. The maximum absolute atomic E-state index is 12.4. The van der Waals surface area contributed by atoms with Crippen LogP contribution in [-0.2, 0) is 16.1 Å². The topological polar surface area (TPSA) is 97.0 Å². The van der Waals surface area contributed by atoms with Crippen LogP contribution in [0.1, 0.15) is 13.8 Å². The number of anilines is 1. The van der Waals surface area contributed by atoms with Crippen LogP contribution in [0.25, 0.3) is 11.8 Å². The highest BCUT2D eigenvalue weighted by atomic mass is 32.1. The van der Waals surface area contributed by atoms with E-state index in [2.05, 4.69) is 10.3 Å². The molecule has 2 rings (SSSR count). The van der Waals surface area contributed by atoms with E-state index < -0.39 is 5.97 Å². The van der Waals surface area contributed by atoms with Crippen LogP contribution in [0.4, 0.5) is 5.82 Å². The van der Waals surface area contributed by atoms with Gasteiger partial charge in [0.05, 0.1) is 6.61 Å². The van der Waals surface area contributed by atoms with Gasteiger partial charge in [0.2, 0.25) is 0 Å². The largest absolute Gasteiger partial charge is 0.462 e. The monoisotopic (exact) mass is 344 g/mol. The van der Waals surface area contributed by atoms with Gasteiger partial charge >= 0.3 is 5.97 Å². The van der Waals surface area contributed by atoms with Crippen LogP contribution < -0.4 is 20.1 Å². The molecule has 0 aromatic carbocycles. The van der Waals surface area contributed by atoms with Crippen LogP contribution in [0.2, 0.25) is 0 Å². The molecule has 0 atom stereocenters. The van der Waals surface area contributed by atoms with Crippen molar-refractivity contribution in [2.75, 3.05) is 11.9 Å². The highest BCUT2D eigenvalue weighted by Crippen LogP contribution is 1.99. The number of thiazole rings is 1. The van der Waals surface area contributed by atoms with Gasteiger partial charge in [0.1, 0.15) is 21.1 Å². The standard InChI is InChI=1S/C16H16N4O3S/c1-3-20-14(21)12(10-19-13-7-5-6-8-18-13)24-15(20)11(9-17)16(22)23-4-2/h5-8,10H,3-4H2,1-2H3,(H,18,19)/b12-10+,15-11-. The molecule has 2 heterocycles. The summed E-state index contributed by atoms with van der Waals surface area (Å²) in [6.07, 6.45) is 3.15. The molecule has 2 aromatic heterocycles. The third-order valence-corrected chi connectivity index (χ3v) is 4.18. The molecule has 0 amide bonds. The number of nitrogens with zero attached hydrogens (tertiary/aromatic N) is 3. The van der Waals surface area contributed by atoms with E-state index in [1.807, 2.05) is 12.1 Å². The number of aromatic nitrogens is 2. The maximum atomic E-state index is 12.4. The third-order valence-electron chi connectivity index (χ3n) is 3.05. The summed E-state index contributed by atoms with van der Waals surface area (Å²) in [5.41, 5.74) is -0.448. The van der Waals surface area contributed by atoms with E-state index in [9.17, 15) is 14.9 Å². The Morgan fingerprint density at radius 3 is 2.88 bits per heavy atom. The van der Waals surface area contributed by atoms with E-state index in [0.29, 0.717) is 16.9 Å². The highest BCUT2D eigenvalue weighted by Gasteiger charge is 2.16. The fourth-order valence-corrected chi connectivity index (χ4v) is 3.04. The number of hydrogen-bond acceptors (Lipinski definition) is 7. The van der Waals surface area contributed by atoms with Crippen LogP contribution >= 0.6 is 11.3 Å². The average Bonchev–Trinajstić information content (AvgIpc) is 2.90. The van der Waals surface area contributed by atoms with Gasteiger partial charge in [-0.3, -0.25) is 9.36 Å². The van der Waals surface area contributed by atoms with Crippen LogP contribution in [0.15, 0.2) is 29.2 Å². The lowest BCUT2D eigenvalue weighted by Crippen LogP contribution is -2.32. The summed E-state index contributed by atoms with van der Waals surface area (Å²) in [4.78, 5) is 28.5. The Bertz CT molecular complexity index is 938. The van der Waals surface area contributed by atoms with Crippen molar-refractivity contribution in [3.8, 4) is 6.07 Å². The zero-order chi connectivity index (χ0) is 17.5. The first-order chi connectivity index (χ1) is 11.6. The van der Waals surface area contributed by atoms with Crippen molar-refractivity contribution < 1.29 is 9.53 Å². The lowest BCUT2D eigenvalue weighted by Gasteiger charge is -2.00. The molecule has 0 unspecified atom stereocenters. The molecule has 7 nitrogen and oxygen atoms in total. The smallest absolute Gasteiger partial charge is 0.351 e. The Labute approximate surface area is 142 Å². The number of carbonyl (C=O) groups is 1. The molecule has 0 fully saturated rings. The second kappa shape index (κ2) is 8.08. The molecule has 0 aliphatic rings. The first-order valence-electron chi connectivity index (χ1n) is 7.31. The van der Waals surface area contributed by atoms with Gasteiger partial charge in [-0.05, 0) is 26.0 Å². The molecule has 1 N–H and O–H groups in total. The summed E-state index contributed by atoms with van der Waals surface area (Å²) in [6, 6.07) is 7.20. The summed E-state index contributed by atoms with van der Waals surface area (Å²) in [7, 11) is 0. The Morgan fingerprint density at radius 1 is 1.50 bits per heavy atom. The van der Waals surface area contributed by atoms with Crippen LogP contribution in [0.3, 0.4) is 0 Å². The number of nitrogens with one attached hydrogen (secondary N) is 1. The van der Waals surface area contributed by atoms with Crippen molar-refractivity contribution in [2.24, 2.45) is 0 Å². The molecule has 0 saturated heterocycles. The van der Waals surface area contributed by atoms with Gasteiger partial charge in [-0.25, -0.2) is 9.78 Å². The van der Waals surface area contributed by atoms with Crippen LogP contribution in [-0.4, -0.2) is 22.1 Å². The quantitative estimate of drug-likeness (QED) is 0.789. The predicted octanol–water partition coefficient (Wildman–Crippen LogP) is 0.412. The number of ether oxygens (including phenoxy) is 1. The molecule has 0 bridgehead atoms. The maximum Gasteiger partial charge on any atom is 0.351 e. The van der Waals surface area contributed by atoms with Crippen molar-refractivity contribution in [1.29, 1.82) is 5.26 Å². The van der Waals surface area contributed by atoms with E-state index in [0.717, 1.165) is 11.3 Å². The first kappa shape index (κ1) is 17.4. The summed E-state index contributed by atoms with van der Waals surface area (Å²) >= 11 is 1.06. The minimum absolute atomic E-state index is 0.159. The van der Waals surface area contributed by atoms with Gasteiger partial charge in [0, 0.05) is 18.9 Å². The predicted molar refractivity (Wildman–Crippen MR) is 91.5 cm³/mol. The lowest BCUT2D eigenvalue weighted by atomic mass is 10.3. The molecular weight excluding hydrogens is 328 g/mol. The molecule has 0 spiro atoms. The van der Waals surface area contributed by atoms with E-state index in [1.165, 1.54) is 10.8 Å². The second-order valence-corrected chi connectivity index (χ2v) is 5.56. The summed E-state index contributed by atoms with van der Waals surface area (Å²) in [5, 5.41) is 12.2. The van der Waals surface area contributed by atoms with Crippen LogP contribution in [0.5, 0.6) is 0 Å². The number of pyridine rings is 1. The summed E-state index contributed by atoms with van der Waals surface area (Å²) in [5.74, 6) is -0.141. The van der Waals surface area contributed by atoms with Gasteiger partial charge < -0.3 is 10.1 Å². The fourth-order valence-electron chi connectivity index (χ4n) is 1.96. The van der Waals surface area contributed by atoms with Crippen molar-refractivity contribution in [2.45, 2.75) is 20.4 Å². The SMILES string of the molecule is CCOC(=O)/C(C#N)=c1\s/c(=C/Nc2ccccn2)c(=O)n1CC. The van der Waals surface area contributed by atoms with Gasteiger partial charge in [-0.1, -0.05) is 6.07 Å². The van der Waals surface area contributed by atoms with Crippen molar-refractivity contribution in [3.63, 3.8) is 0 Å². The molecule has 0 radical (unpaired) electrons. The lowest BCUT2D eigenvalue weighted by molar-refractivity contribution is -0.136. The number of esters is 1. The van der Waals surface area contributed by atoms with Crippen molar-refractivity contribution in [3.05, 3.63) is 43.9 Å². The molecule has 0 saturated carbocycles. The van der Waals surface area contributed by atoms with Crippen LogP contribution in [0, 0.1) is 11.3 Å². The van der Waals surface area contributed by atoms with Crippen molar-refractivity contribution >= 4 is 34.9 Å². The van der Waals surface area contributed by atoms with E-state index in [4.69, 9.17) is 4.74 Å². The molecular formula is C16H16N4O3S. The first-order valence-corrected chi connectivity index (χ1v) is 8.12. The Morgan fingerprint density at radius 2 is 2.29 bits per heavy atom. The Hall–Kier alpha value is -2.92.